The maximum Gasteiger partial charge on any atom is 0.310 e. The normalized spacial score (nSPS) is 19.6. The van der Waals surface area contributed by atoms with E-state index in [2.05, 4.69) is 10.1 Å². The van der Waals surface area contributed by atoms with E-state index in [-0.39, 0.29) is 12.0 Å². The molecule has 0 amide bonds. The number of rotatable bonds is 6. The van der Waals surface area contributed by atoms with Gasteiger partial charge in [-0.25, -0.2) is 0 Å². The van der Waals surface area contributed by atoms with Crippen LogP contribution in [0.2, 0.25) is 0 Å². The van der Waals surface area contributed by atoms with E-state index >= 15 is 0 Å². The number of aromatic nitrogens is 2. The lowest BCUT2D eigenvalue weighted by molar-refractivity contribution is -0.151. The number of methoxy groups -OCH3 is 1. The predicted molar refractivity (Wildman–Crippen MR) is 75.7 cm³/mol. The van der Waals surface area contributed by atoms with Gasteiger partial charge in [-0.1, -0.05) is 38.3 Å². The summed E-state index contributed by atoms with van der Waals surface area (Å²) in [4.78, 5) is 16.0. The van der Waals surface area contributed by atoms with Crippen LogP contribution in [0.4, 0.5) is 0 Å². The Labute approximate surface area is 124 Å². The molecule has 0 aliphatic heterocycles. The number of hydrogen-bond acceptors (Lipinski definition) is 5. The minimum absolute atomic E-state index is 0.226. The van der Waals surface area contributed by atoms with Crippen LogP contribution in [-0.4, -0.2) is 28.3 Å². The number of carbonyl (C=O) groups is 1. The first-order valence-electron chi connectivity index (χ1n) is 7.57. The Morgan fingerprint density at radius 2 is 2.05 bits per heavy atom. The monoisotopic (exact) mass is 296 g/mol. The zero-order chi connectivity index (χ0) is 15.5. The highest BCUT2D eigenvalue weighted by Crippen LogP contribution is 2.39. The fourth-order valence-electron chi connectivity index (χ4n) is 3.12. The third-order valence-corrected chi connectivity index (χ3v) is 4.35. The lowest BCUT2D eigenvalue weighted by Gasteiger charge is -2.31. The van der Waals surface area contributed by atoms with Crippen LogP contribution in [0.3, 0.4) is 0 Å². The fourth-order valence-corrected chi connectivity index (χ4v) is 3.12. The van der Waals surface area contributed by atoms with Gasteiger partial charge in [0.05, 0.1) is 5.41 Å². The van der Waals surface area contributed by atoms with Crippen molar-refractivity contribution in [2.24, 2.45) is 11.3 Å². The summed E-state index contributed by atoms with van der Waals surface area (Å²) >= 11 is 0. The van der Waals surface area contributed by atoms with E-state index in [1.807, 2.05) is 13.8 Å². The summed E-state index contributed by atoms with van der Waals surface area (Å²) in [6, 6.07) is 0. The third kappa shape index (κ3) is 3.43. The van der Waals surface area contributed by atoms with Crippen molar-refractivity contribution < 1.29 is 19.2 Å². The molecule has 0 spiro atoms. The van der Waals surface area contributed by atoms with E-state index in [9.17, 15) is 9.90 Å². The number of carboxylic acids is 1. The highest BCUT2D eigenvalue weighted by Gasteiger charge is 2.41. The molecule has 1 aromatic heterocycles. The molecule has 1 aromatic rings. The Hall–Kier alpha value is -1.43. The minimum Gasteiger partial charge on any atom is -0.481 e. The van der Waals surface area contributed by atoms with E-state index in [4.69, 9.17) is 9.26 Å². The van der Waals surface area contributed by atoms with Crippen molar-refractivity contribution in [1.82, 2.24) is 10.1 Å². The Kier molecular flexibility index (Phi) is 4.98. The molecule has 118 valence electrons. The van der Waals surface area contributed by atoms with Crippen molar-refractivity contribution in [3.8, 4) is 0 Å². The fraction of sp³-hybridized carbons (Fsp3) is 0.800. The first-order chi connectivity index (χ1) is 9.98. The summed E-state index contributed by atoms with van der Waals surface area (Å²) in [5.41, 5.74) is -0.748. The average Bonchev–Trinajstić information content (AvgIpc) is 2.88. The molecule has 1 N–H and O–H groups in total. The van der Waals surface area contributed by atoms with Crippen molar-refractivity contribution >= 4 is 5.97 Å². The number of hydrogen-bond donors (Lipinski definition) is 1. The maximum absolute atomic E-state index is 11.7. The summed E-state index contributed by atoms with van der Waals surface area (Å²) in [5, 5.41) is 13.5. The van der Waals surface area contributed by atoms with E-state index in [0.29, 0.717) is 31.0 Å². The topological polar surface area (TPSA) is 85.5 Å². The molecule has 1 saturated carbocycles. The van der Waals surface area contributed by atoms with Crippen LogP contribution in [0.15, 0.2) is 4.52 Å². The summed E-state index contributed by atoms with van der Waals surface area (Å²) < 4.78 is 10.6. The van der Waals surface area contributed by atoms with Crippen LogP contribution < -0.4 is 0 Å². The molecule has 2 rings (SSSR count). The van der Waals surface area contributed by atoms with E-state index < -0.39 is 11.4 Å². The second kappa shape index (κ2) is 6.56. The zero-order valence-corrected chi connectivity index (χ0v) is 13.0. The molecule has 0 aromatic carbocycles. The van der Waals surface area contributed by atoms with Crippen molar-refractivity contribution in [2.45, 2.75) is 58.5 Å². The van der Waals surface area contributed by atoms with Gasteiger partial charge in [-0.05, 0) is 18.8 Å². The summed E-state index contributed by atoms with van der Waals surface area (Å²) in [7, 11) is 1.61. The van der Waals surface area contributed by atoms with Crippen molar-refractivity contribution in [3.63, 3.8) is 0 Å². The Morgan fingerprint density at radius 1 is 1.38 bits per heavy atom. The molecule has 0 saturated heterocycles. The molecule has 6 heteroatoms. The van der Waals surface area contributed by atoms with Gasteiger partial charge in [0, 0.05) is 13.5 Å². The van der Waals surface area contributed by atoms with Gasteiger partial charge in [-0.15, -0.1) is 0 Å². The lowest BCUT2D eigenvalue weighted by atomic mass is 9.72. The molecular formula is C15H24N2O4. The van der Waals surface area contributed by atoms with Gasteiger partial charge in [0.1, 0.15) is 6.10 Å². The minimum atomic E-state index is -0.755. The molecule has 1 fully saturated rings. The molecule has 6 nitrogen and oxygen atoms in total. The molecule has 1 atom stereocenters. The van der Waals surface area contributed by atoms with Gasteiger partial charge in [0.25, 0.3) is 0 Å². The first-order valence-corrected chi connectivity index (χ1v) is 7.57. The van der Waals surface area contributed by atoms with Gasteiger partial charge in [0.2, 0.25) is 11.7 Å². The first kappa shape index (κ1) is 15.9. The maximum atomic E-state index is 11.7. The average molecular weight is 296 g/mol. The number of carboxylic acid groups (broad SMARTS) is 1. The second-order valence-corrected chi connectivity index (χ2v) is 6.27. The number of nitrogens with zero attached hydrogens (tertiary/aromatic N) is 2. The molecule has 1 unspecified atom stereocenters. The summed E-state index contributed by atoms with van der Waals surface area (Å²) in [6.45, 7) is 4.04. The van der Waals surface area contributed by atoms with Gasteiger partial charge in [-0.3, -0.25) is 4.79 Å². The molecule has 0 radical (unpaired) electrons. The Balaban J connectivity index is 2.15. The smallest absolute Gasteiger partial charge is 0.310 e. The van der Waals surface area contributed by atoms with Crippen molar-refractivity contribution in [1.29, 1.82) is 0 Å². The standard InChI is InChI=1S/C15H24N2O4/c1-10(2)12(20-3)13-16-11(21-17-13)9-15(14(18)19)7-5-4-6-8-15/h10,12H,4-9H2,1-3H3,(H,18,19). The van der Waals surface area contributed by atoms with E-state index in [0.717, 1.165) is 19.3 Å². The molecule has 1 heterocycles. The zero-order valence-electron chi connectivity index (χ0n) is 13.0. The largest absolute Gasteiger partial charge is 0.481 e. The molecule has 1 aliphatic rings. The van der Waals surface area contributed by atoms with Gasteiger partial charge >= 0.3 is 5.97 Å². The SMILES string of the molecule is COC(c1noc(CC2(C(=O)O)CCCCC2)n1)C(C)C. The molecule has 21 heavy (non-hydrogen) atoms. The van der Waals surface area contributed by atoms with E-state index in [1.165, 1.54) is 0 Å². The summed E-state index contributed by atoms with van der Waals surface area (Å²) in [6.07, 6.45) is 4.43. The van der Waals surface area contributed by atoms with Crippen LogP contribution >= 0.6 is 0 Å². The van der Waals surface area contributed by atoms with Crippen LogP contribution in [0, 0.1) is 11.3 Å². The van der Waals surface area contributed by atoms with Crippen LogP contribution in [-0.2, 0) is 16.0 Å². The molecule has 1 aliphatic carbocycles. The highest BCUT2D eigenvalue weighted by molar-refractivity contribution is 5.75. The van der Waals surface area contributed by atoms with Crippen molar-refractivity contribution in [2.75, 3.05) is 7.11 Å². The quantitative estimate of drug-likeness (QED) is 0.868. The Bertz CT molecular complexity index is 478. The third-order valence-electron chi connectivity index (χ3n) is 4.35. The predicted octanol–water partition coefficient (Wildman–Crippen LogP) is 2.99. The van der Waals surface area contributed by atoms with Crippen LogP contribution in [0.1, 0.15) is 63.8 Å². The highest BCUT2D eigenvalue weighted by atomic mass is 16.5. The van der Waals surface area contributed by atoms with Gasteiger partial charge < -0.3 is 14.4 Å². The van der Waals surface area contributed by atoms with Gasteiger partial charge in [0.15, 0.2) is 0 Å². The Morgan fingerprint density at radius 3 is 2.57 bits per heavy atom. The molecule has 0 bridgehead atoms. The van der Waals surface area contributed by atoms with E-state index in [1.54, 1.807) is 7.11 Å². The van der Waals surface area contributed by atoms with Gasteiger partial charge in [-0.2, -0.15) is 4.98 Å². The number of ether oxygens (including phenoxy) is 1. The summed E-state index contributed by atoms with van der Waals surface area (Å²) in [5.74, 6) is 0.369. The molecular weight excluding hydrogens is 272 g/mol. The lowest BCUT2D eigenvalue weighted by Crippen LogP contribution is -2.35. The van der Waals surface area contributed by atoms with Crippen LogP contribution in [0.25, 0.3) is 0 Å². The van der Waals surface area contributed by atoms with Crippen molar-refractivity contribution in [3.05, 3.63) is 11.7 Å². The number of aliphatic carboxylic acids is 1. The van der Waals surface area contributed by atoms with Crippen LogP contribution in [0.5, 0.6) is 0 Å². The second-order valence-electron chi connectivity index (χ2n) is 6.27.